The number of anilines is 1. The van der Waals surface area contributed by atoms with Crippen molar-refractivity contribution in [2.45, 2.75) is 32.2 Å². The highest BCUT2D eigenvalue weighted by Gasteiger charge is 2.36. The molecule has 0 unspecified atom stereocenters. The zero-order valence-electron chi connectivity index (χ0n) is 12.0. The minimum Gasteiger partial charge on any atom is -0.383 e. The summed E-state index contributed by atoms with van der Waals surface area (Å²) in [6.45, 7) is 4.82. The van der Waals surface area contributed by atoms with Crippen LogP contribution in [0.3, 0.4) is 0 Å². The van der Waals surface area contributed by atoms with E-state index in [0.29, 0.717) is 11.3 Å². The van der Waals surface area contributed by atoms with Crippen LogP contribution >= 0.6 is 0 Å². The van der Waals surface area contributed by atoms with Crippen molar-refractivity contribution < 1.29 is 9.72 Å². The van der Waals surface area contributed by atoms with Crippen LogP contribution in [0.1, 0.15) is 37.0 Å². The summed E-state index contributed by atoms with van der Waals surface area (Å²) in [5.74, 6) is -0.0705. The largest absolute Gasteiger partial charge is 0.383 e. The van der Waals surface area contributed by atoms with E-state index >= 15 is 0 Å². The van der Waals surface area contributed by atoms with Crippen molar-refractivity contribution in [3.63, 3.8) is 0 Å². The Morgan fingerprint density at radius 3 is 2.65 bits per heavy atom. The predicted molar refractivity (Wildman–Crippen MR) is 77.0 cm³/mol. The highest BCUT2D eigenvalue weighted by atomic mass is 16.6. The first-order valence-electron chi connectivity index (χ1n) is 6.65. The second kappa shape index (κ2) is 5.11. The van der Waals surface area contributed by atoms with E-state index in [1.807, 2.05) is 18.7 Å². The first kappa shape index (κ1) is 14.3. The molecule has 20 heavy (non-hydrogen) atoms. The van der Waals surface area contributed by atoms with Crippen LogP contribution in [0, 0.1) is 10.1 Å². The van der Waals surface area contributed by atoms with Crippen LogP contribution in [0.2, 0.25) is 0 Å². The number of nitro benzene ring substituents is 1. The first-order chi connectivity index (χ1) is 9.36. The average Bonchev–Trinajstić information content (AvgIpc) is 2.76. The van der Waals surface area contributed by atoms with E-state index in [1.165, 1.54) is 12.1 Å². The molecule has 0 atom stereocenters. The zero-order valence-corrected chi connectivity index (χ0v) is 12.0. The summed E-state index contributed by atoms with van der Waals surface area (Å²) in [5, 5.41) is 13.7. The fraction of sp³-hybridized carbons (Fsp3) is 0.500. The lowest BCUT2D eigenvalue weighted by Gasteiger charge is -2.31. The molecule has 108 valence electrons. The lowest BCUT2D eigenvalue weighted by Crippen LogP contribution is -2.42. The third-order valence-corrected chi connectivity index (χ3v) is 3.86. The van der Waals surface area contributed by atoms with Gasteiger partial charge in [0.25, 0.3) is 11.6 Å². The van der Waals surface area contributed by atoms with Gasteiger partial charge in [-0.15, -0.1) is 0 Å². The summed E-state index contributed by atoms with van der Waals surface area (Å²) >= 11 is 0. The van der Waals surface area contributed by atoms with Crippen LogP contribution in [0.15, 0.2) is 18.2 Å². The molecule has 1 aromatic rings. The maximum atomic E-state index is 12.5. The quantitative estimate of drug-likeness (QED) is 0.680. The van der Waals surface area contributed by atoms with Crippen molar-refractivity contribution in [3.05, 3.63) is 33.9 Å². The number of hydrogen-bond acceptors (Lipinski definition) is 4. The van der Waals surface area contributed by atoms with Crippen molar-refractivity contribution in [1.29, 1.82) is 0 Å². The third kappa shape index (κ3) is 2.45. The monoisotopic (exact) mass is 277 g/mol. The number of rotatable bonds is 3. The number of hydrogen-bond donors (Lipinski definition) is 1. The van der Waals surface area contributed by atoms with Crippen molar-refractivity contribution in [3.8, 4) is 0 Å². The Morgan fingerprint density at radius 1 is 1.45 bits per heavy atom. The van der Waals surface area contributed by atoms with Gasteiger partial charge >= 0.3 is 0 Å². The smallest absolute Gasteiger partial charge is 0.292 e. The molecule has 1 heterocycles. The van der Waals surface area contributed by atoms with Crippen molar-refractivity contribution in [2.75, 3.05) is 18.9 Å². The Kier molecular flexibility index (Phi) is 3.65. The number of carbonyl (C=O) groups excluding carboxylic acids is 1. The van der Waals surface area contributed by atoms with Gasteiger partial charge < -0.3 is 10.2 Å². The Hall–Kier alpha value is -2.11. The van der Waals surface area contributed by atoms with Gasteiger partial charge in [0.2, 0.25) is 0 Å². The molecule has 6 heteroatoms. The lowest BCUT2D eigenvalue weighted by atomic mass is 10.0. The predicted octanol–water partition coefficient (Wildman–Crippen LogP) is 2.65. The first-order valence-corrected chi connectivity index (χ1v) is 6.65. The van der Waals surface area contributed by atoms with Gasteiger partial charge in [-0.25, -0.2) is 0 Å². The standard InChI is InChI=1S/C14H19N3O3/c1-14(2)7-4-8-16(14)13(18)10-5-6-12(17(19)20)11(9-10)15-3/h5-6,9,15H,4,7-8H2,1-3H3. The van der Waals surface area contributed by atoms with Gasteiger partial charge in [-0.3, -0.25) is 14.9 Å². The minimum atomic E-state index is -0.458. The van der Waals surface area contributed by atoms with Gasteiger partial charge in [0.1, 0.15) is 5.69 Å². The van der Waals surface area contributed by atoms with E-state index < -0.39 is 4.92 Å². The van der Waals surface area contributed by atoms with Crippen molar-refractivity contribution in [1.82, 2.24) is 4.90 Å². The Morgan fingerprint density at radius 2 is 2.15 bits per heavy atom. The van der Waals surface area contributed by atoms with Gasteiger partial charge in [0, 0.05) is 30.8 Å². The fourth-order valence-corrected chi connectivity index (χ4v) is 2.67. The number of nitrogens with zero attached hydrogens (tertiary/aromatic N) is 2. The molecule has 0 aromatic heterocycles. The number of amides is 1. The van der Waals surface area contributed by atoms with Crippen LogP contribution in [-0.4, -0.2) is 34.9 Å². The summed E-state index contributed by atoms with van der Waals surface area (Å²) in [4.78, 5) is 24.8. The van der Waals surface area contributed by atoms with Crippen molar-refractivity contribution >= 4 is 17.3 Å². The topological polar surface area (TPSA) is 75.5 Å². The van der Waals surface area contributed by atoms with Gasteiger partial charge in [0.05, 0.1) is 4.92 Å². The molecule has 1 amide bonds. The molecule has 0 radical (unpaired) electrons. The van der Waals surface area contributed by atoms with Gasteiger partial charge in [-0.2, -0.15) is 0 Å². The Labute approximate surface area is 117 Å². The van der Waals surface area contributed by atoms with E-state index in [-0.39, 0.29) is 17.1 Å². The van der Waals surface area contributed by atoms with Crippen molar-refractivity contribution in [2.24, 2.45) is 0 Å². The molecule has 1 aromatic carbocycles. The molecule has 1 fully saturated rings. The van der Waals surface area contributed by atoms with Crippen LogP contribution in [0.5, 0.6) is 0 Å². The molecule has 2 rings (SSSR count). The summed E-state index contributed by atoms with van der Waals surface area (Å²) < 4.78 is 0. The summed E-state index contributed by atoms with van der Waals surface area (Å²) in [6, 6.07) is 4.45. The summed E-state index contributed by atoms with van der Waals surface area (Å²) in [6.07, 6.45) is 1.97. The number of carbonyl (C=O) groups is 1. The van der Waals surface area contributed by atoms with Gasteiger partial charge in [0.15, 0.2) is 0 Å². The molecular weight excluding hydrogens is 258 g/mol. The molecule has 1 aliphatic heterocycles. The number of likely N-dealkylation sites (tertiary alicyclic amines) is 1. The van der Waals surface area contributed by atoms with E-state index in [0.717, 1.165) is 19.4 Å². The maximum Gasteiger partial charge on any atom is 0.292 e. The van der Waals surface area contributed by atoms with Gasteiger partial charge in [-0.1, -0.05) is 0 Å². The average molecular weight is 277 g/mol. The lowest BCUT2D eigenvalue weighted by molar-refractivity contribution is -0.383. The normalized spacial score (nSPS) is 17.1. The van der Waals surface area contributed by atoms with E-state index in [2.05, 4.69) is 5.32 Å². The van der Waals surface area contributed by atoms with Crippen LogP contribution in [0.4, 0.5) is 11.4 Å². The molecule has 0 saturated carbocycles. The highest BCUT2D eigenvalue weighted by Crippen LogP contribution is 2.31. The second-order valence-electron chi connectivity index (χ2n) is 5.61. The van der Waals surface area contributed by atoms with E-state index in [4.69, 9.17) is 0 Å². The summed E-state index contributed by atoms with van der Waals surface area (Å²) in [5.41, 5.74) is 0.663. The van der Waals surface area contributed by atoms with Crippen LogP contribution in [-0.2, 0) is 0 Å². The number of nitro groups is 1. The van der Waals surface area contributed by atoms with E-state index in [9.17, 15) is 14.9 Å². The molecule has 1 aliphatic rings. The third-order valence-electron chi connectivity index (χ3n) is 3.86. The molecule has 0 aliphatic carbocycles. The second-order valence-corrected chi connectivity index (χ2v) is 5.61. The molecule has 0 spiro atoms. The van der Waals surface area contributed by atoms with Gasteiger partial charge in [-0.05, 0) is 38.8 Å². The highest BCUT2D eigenvalue weighted by molar-refractivity contribution is 5.96. The molecule has 6 nitrogen and oxygen atoms in total. The summed E-state index contributed by atoms with van der Waals surface area (Å²) in [7, 11) is 1.61. The minimum absolute atomic E-state index is 0.0234. The molecular formula is C14H19N3O3. The van der Waals surface area contributed by atoms with Crippen LogP contribution < -0.4 is 5.32 Å². The molecule has 0 bridgehead atoms. The maximum absolute atomic E-state index is 12.5. The molecule has 1 N–H and O–H groups in total. The Bertz CT molecular complexity index is 555. The zero-order chi connectivity index (χ0) is 14.9. The Balaban J connectivity index is 2.34. The fourth-order valence-electron chi connectivity index (χ4n) is 2.67. The number of benzene rings is 1. The number of nitrogens with one attached hydrogen (secondary N) is 1. The molecule has 1 saturated heterocycles. The van der Waals surface area contributed by atoms with Crippen LogP contribution in [0.25, 0.3) is 0 Å². The SMILES string of the molecule is CNc1cc(C(=O)N2CCCC2(C)C)ccc1[N+](=O)[O-]. The van der Waals surface area contributed by atoms with E-state index in [1.54, 1.807) is 13.1 Å².